The van der Waals surface area contributed by atoms with Crippen molar-refractivity contribution in [3.63, 3.8) is 0 Å². The normalized spacial score (nSPS) is 18.4. The third-order valence-corrected chi connectivity index (χ3v) is 4.46. The highest BCUT2D eigenvalue weighted by Crippen LogP contribution is 2.15. The molecule has 1 fully saturated rings. The van der Waals surface area contributed by atoms with Gasteiger partial charge in [-0.1, -0.05) is 60.7 Å². The first-order valence-electron chi connectivity index (χ1n) is 8.46. The second-order valence-corrected chi connectivity index (χ2v) is 6.29. The quantitative estimate of drug-likeness (QED) is 0.862. The fraction of sp³-hybridized carbons (Fsp3) is 0.350. The van der Waals surface area contributed by atoms with Crippen molar-refractivity contribution < 1.29 is 9.53 Å². The molecule has 0 saturated carbocycles. The summed E-state index contributed by atoms with van der Waals surface area (Å²) in [4.78, 5) is 16.5. The average Bonchev–Trinajstić information content (AvgIpc) is 2.63. The molecule has 0 aromatic heterocycles. The van der Waals surface area contributed by atoms with Crippen molar-refractivity contribution in [2.24, 2.45) is 0 Å². The van der Waals surface area contributed by atoms with E-state index in [4.69, 9.17) is 4.74 Å². The molecule has 2 aromatic rings. The van der Waals surface area contributed by atoms with E-state index in [-0.39, 0.29) is 6.09 Å². The third kappa shape index (κ3) is 4.36. The summed E-state index contributed by atoms with van der Waals surface area (Å²) < 4.78 is 5.44. The molecule has 1 heterocycles. The number of amides is 1. The number of rotatable bonds is 4. The second kappa shape index (κ2) is 7.97. The van der Waals surface area contributed by atoms with E-state index in [1.807, 2.05) is 41.3 Å². The lowest BCUT2D eigenvalue weighted by Gasteiger charge is -2.39. The number of hydrogen-bond donors (Lipinski definition) is 0. The molecule has 1 atom stereocenters. The number of benzene rings is 2. The Balaban J connectivity index is 1.48. The van der Waals surface area contributed by atoms with Crippen LogP contribution in [0.3, 0.4) is 0 Å². The van der Waals surface area contributed by atoms with E-state index in [0.717, 1.165) is 18.7 Å². The van der Waals surface area contributed by atoms with Gasteiger partial charge in [-0.2, -0.15) is 0 Å². The smallest absolute Gasteiger partial charge is 0.410 e. The molecule has 1 unspecified atom stereocenters. The van der Waals surface area contributed by atoms with Crippen LogP contribution in [-0.2, 0) is 17.9 Å². The van der Waals surface area contributed by atoms with E-state index in [1.165, 1.54) is 5.56 Å². The van der Waals surface area contributed by atoms with Crippen LogP contribution in [0, 0.1) is 0 Å². The molecule has 0 bridgehead atoms. The van der Waals surface area contributed by atoms with Crippen molar-refractivity contribution in [1.29, 1.82) is 0 Å². The van der Waals surface area contributed by atoms with Crippen LogP contribution in [0.15, 0.2) is 60.7 Å². The van der Waals surface area contributed by atoms with Crippen LogP contribution in [0.25, 0.3) is 0 Å². The summed E-state index contributed by atoms with van der Waals surface area (Å²) in [6.45, 7) is 5.72. The number of ether oxygens (including phenoxy) is 1. The molecule has 0 spiro atoms. The van der Waals surface area contributed by atoms with Gasteiger partial charge in [-0.05, 0) is 18.1 Å². The van der Waals surface area contributed by atoms with Crippen LogP contribution in [-0.4, -0.2) is 41.6 Å². The van der Waals surface area contributed by atoms with Gasteiger partial charge in [-0.25, -0.2) is 4.79 Å². The minimum Gasteiger partial charge on any atom is -0.445 e. The molecule has 1 aliphatic rings. The number of piperazine rings is 1. The zero-order chi connectivity index (χ0) is 16.8. The predicted octanol–water partition coefficient (Wildman–Crippen LogP) is 3.53. The Hall–Kier alpha value is -2.33. The third-order valence-electron chi connectivity index (χ3n) is 4.46. The van der Waals surface area contributed by atoms with Gasteiger partial charge in [-0.15, -0.1) is 0 Å². The molecule has 0 N–H and O–H groups in total. The molecule has 1 aliphatic heterocycles. The van der Waals surface area contributed by atoms with Crippen LogP contribution in [0.1, 0.15) is 18.1 Å². The fourth-order valence-corrected chi connectivity index (χ4v) is 3.02. The number of carbonyl (C=O) groups excluding carboxylic acids is 1. The highest BCUT2D eigenvalue weighted by Gasteiger charge is 2.27. The van der Waals surface area contributed by atoms with Gasteiger partial charge in [0, 0.05) is 32.2 Å². The lowest BCUT2D eigenvalue weighted by molar-refractivity contribution is 0.0489. The maximum absolute atomic E-state index is 12.3. The average molecular weight is 324 g/mol. The highest BCUT2D eigenvalue weighted by atomic mass is 16.6. The van der Waals surface area contributed by atoms with Gasteiger partial charge in [-0.3, -0.25) is 4.90 Å². The molecular formula is C20H24N2O2. The lowest BCUT2D eigenvalue weighted by atomic mass is 10.1. The Bertz CT molecular complexity index is 645. The minimum absolute atomic E-state index is 0.218. The standard InChI is InChI=1S/C20H24N2O2/c1-17-14-22(20(23)24-16-19-10-6-3-7-11-19)13-12-21(17)15-18-8-4-2-5-9-18/h2-11,17H,12-16H2,1H3. The van der Waals surface area contributed by atoms with Crippen molar-refractivity contribution in [3.8, 4) is 0 Å². The topological polar surface area (TPSA) is 32.8 Å². The molecule has 2 aromatic carbocycles. The lowest BCUT2D eigenvalue weighted by Crippen LogP contribution is -2.53. The largest absolute Gasteiger partial charge is 0.445 e. The SMILES string of the molecule is CC1CN(C(=O)OCc2ccccc2)CCN1Cc1ccccc1. The maximum atomic E-state index is 12.3. The van der Waals surface area contributed by atoms with Crippen molar-refractivity contribution >= 4 is 6.09 Å². The van der Waals surface area contributed by atoms with Gasteiger partial charge in [0.2, 0.25) is 0 Å². The van der Waals surface area contributed by atoms with Gasteiger partial charge in [0.05, 0.1) is 0 Å². The summed E-state index contributed by atoms with van der Waals surface area (Å²) in [6.07, 6.45) is -0.218. The van der Waals surface area contributed by atoms with Crippen LogP contribution < -0.4 is 0 Å². The van der Waals surface area contributed by atoms with Gasteiger partial charge in [0.15, 0.2) is 0 Å². The first-order valence-corrected chi connectivity index (χ1v) is 8.46. The van der Waals surface area contributed by atoms with E-state index in [9.17, 15) is 4.79 Å². The zero-order valence-electron chi connectivity index (χ0n) is 14.1. The van der Waals surface area contributed by atoms with Gasteiger partial charge >= 0.3 is 6.09 Å². The minimum atomic E-state index is -0.218. The van der Waals surface area contributed by atoms with Crippen molar-refractivity contribution in [2.45, 2.75) is 26.1 Å². The molecule has 0 radical (unpaired) electrons. The second-order valence-electron chi connectivity index (χ2n) is 6.29. The van der Waals surface area contributed by atoms with E-state index in [0.29, 0.717) is 25.7 Å². The van der Waals surface area contributed by atoms with E-state index in [1.54, 1.807) is 0 Å². The summed E-state index contributed by atoms with van der Waals surface area (Å²) in [7, 11) is 0. The molecular weight excluding hydrogens is 300 g/mol. The molecule has 24 heavy (non-hydrogen) atoms. The molecule has 1 amide bonds. The van der Waals surface area contributed by atoms with E-state index < -0.39 is 0 Å². The van der Waals surface area contributed by atoms with Crippen molar-refractivity contribution in [1.82, 2.24) is 9.80 Å². The van der Waals surface area contributed by atoms with E-state index in [2.05, 4.69) is 36.1 Å². The first-order chi connectivity index (χ1) is 11.7. The summed E-state index contributed by atoms with van der Waals surface area (Å²) >= 11 is 0. The number of carbonyl (C=O) groups is 1. The monoisotopic (exact) mass is 324 g/mol. The fourth-order valence-electron chi connectivity index (χ4n) is 3.02. The molecule has 126 valence electrons. The van der Waals surface area contributed by atoms with Crippen LogP contribution in [0.2, 0.25) is 0 Å². The summed E-state index contributed by atoms with van der Waals surface area (Å²) in [5.41, 5.74) is 2.33. The summed E-state index contributed by atoms with van der Waals surface area (Å²) in [5.74, 6) is 0. The predicted molar refractivity (Wildman–Crippen MR) is 94.5 cm³/mol. The Morgan fingerprint density at radius 2 is 1.62 bits per heavy atom. The van der Waals surface area contributed by atoms with Crippen LogP contribution >= 0.6 is 0 Å². The van der Waals surface area contributed by atoms with Crippen molar-refractivity contribution in [2.75, 3.05) is 19.6 Å². The van der Waals surface area contributed by atoms with Crippen LogP contribution in [0.4, 0.5) is 4.79 Å². The summed E-state index contributed by atoms with van der Waals surface area (Å²) in [5, 5.41) is 0. The Morgan fingerprint density at radius 3 is 2.25 bits per heavy atom. The summed E-state index contributed by atoms with van der Waals surface area (Å²) in [6, 6.07) is 20.6. The van der Waals surface area contributed by atoms with Crippen LogP contribution in [0.5, 0.6) is 0 Å². The Morgan fingerprint density at radius 1 is 1.00 bits per heavy atom. The van der Waals surface area contributed by atoms with Gasteiger partial charge < -0.3 is 9.64 Å². The van der Waals surface area contributed by atoms with Gasteiger partial charge in [0.25, 0.3) is 0 Å². The number of hydrogen-bond acceptors (Lipinski definition) is 3. The molecule has 4 heteroatoms. The zero-order valence-corrected chi connectivity index (χ0v) is 14.1. The Kier molecular flexibility index (Phi) is 5.49. The maximum Gasteiger partial charge on any atom is 0.410 e. The molecule has 1 saturated heterocycles. The number of nitrogens with zero attached hydrogens (tertiary/aromatic N) is 2. The molecule has 4 nitrogen and oxygen atoms in total. The van der Waals surface area contributed by atoms with Crippen molar-refractivity contribution in [3.05, 3.63) is 71.8 Å². The van der Waals surface area contributed by atoms with E-state index >= 15 is 0 Å². The molecule has 0 aliphatic carbocycles. The van der Waals surface area contributed by atoms with Gasteiger partial charge in [0.1, 0.15) is 6.61 Å². The Labute approximate surface area is 143 Å². The molecule has 3 rings (SSSR count). The highest BCUT2D eigenvalue weighted by molar-refractivity contribution is 5.67. The first kappa shape index (κ1) is 16.5.